The number of carbonyl (C=O) groups is 2. The van der Waals surface area contributed by atoms with Gasteiger partial charge < -0.3 is 14.2 Å². The first kappa shape index (κ1) is 6.45. The molecule has 2 aliphatic heterocycles. The predicted octanol–water partition coefficient (Wildman–Crippen LogP) is 0.186. The molecule has 0 atom stereocenters. The second-order valence-corrected chi connectivity index (χ2v) is 2.45. The predicted molar refractivity (Wildman–Crippen MR) is 30.5 cm³/mol. The van der Waals surface area contributed by atoms with Gasteiger partial charge in [0.1, 0.15) is 0 Å². The van der Waals surface area contributed by atoms with Crippen LogP contribution in [0.5, 0.6) is 0 Å². The van der Waals surface area contributed by atoms with Crippen molar-refractivity contribution in [2.24, 2.45) is 0 Å². The van der Waals surface area contributed by atoms with Gasteiger partial charge in [0.05, 0.1) is 6.61 Å². The van der Waals surface area contributed by atoms with Crippen molar-refractivity contribution in [1.82, 2.24) is 0 Å². The zero-order valence-corrected chi connectivity index (χ0v) is 5.66. The average molecular weight is 158 g/mol. The highest BCUT2D eigenvalue weighted by molar-refractivity contribution is 5.86. The summed E-state index contributed by atoms with van der Waals surface area (Å²) in [7, 11) is 0. The molecule has 2 aliphatic rings. The van der Waals surface area contributed by atoms with Gasteiger partial charge >= 0.3 is 17.9 Å². The molecule has 1 spiro atoms. The topological polar surface area (TPSA) is 61.8 Å². The van der Waals surface area contributed by atoms with Crippen LogP contribution in [-0.4, -0.2) is 24.5 Å². The van der Waals surface area contributed by atoms with Gasteiger partial charge in [-0.05, 0) is 6.42 Å². The second kappa shape index (κ2) is 1.87. The molecule has 0 bridgehead atoms. The number of ether oxygens (including phenoxy) is 3. The fraction of sp³-hybridized carbons (Fsp3) is 0.667. The van der Waals surface area contributed by atoms with E-state index in [-0.39, 0.29) is 0 Å². The summed E-state index contributed by atoms with van der Waals surface area (Å²) in [4.78, 5) is 21.2. The van der Waals surface area contributed by atoms with Crippen LogP contribution in [0.1, 0.15) is 12.8 Å². The Morgan fingerprint density at radius 3 is 2.55 bits per heavy atom. The number of hydrogen-bond acceptors (Lipinski definition) is 5. The summed E-state index contributed by atoms with van der Waals surface area (Å²) in [5.74, 6) is -1.97. The molecule has 2 rings (SSSR count). The Morgan fingerprint density at radius 1 is 1.27 bits per heavy atom. The molecule has 0 unspecified atom stereocenters. The highest BCUT2D eigenvalue weighted by Gasteiger charge is 2.58. The molecule has 0 aromatic carbocycles. The molecule has 2 fully saturated rings. The van der Waals surface area contributed by atoms with Crippen LogP contribution in [-0.2, 0) is 19.0 Å². The third kappa shape index (κ3) is 0.768. The number of carbonyl (C=O) groups excluding carboxylic acids is 2. The summed E-state index contributed by atoms with van der Waals surface area (Å²) < 4.78 is 13.7. The highest BCUT2D eigenvalue weighted by atomic mass is 16.9. The van der Waals surface area contributed by atoms with E-state index in [0.29, 0.717) is 19.4 Å². The third-order valence-corrected chi connectivity index (χ3v) is 1.69. The molecule has 5 heteroatoms. The van der Waals surface area contributed by atoms with Gasteiger partial charge in [-0.25, -0.2) is 9.59 Å². The molecular weight excluding hydrogens is 152 g/mol. The van der Waals surface area contributed by atoms with Gasteiger partial charge in [0, 0.05) is 6.42 Å². The Kier molecular flexibility index (Phi) is 1.10. The van der Waals surface area contributed by atoms with Crippen LogP contribution < -0.4 is 0 Å². The summed E-state index contributed by atoms with van der Waals surface area (Å²) in [6, 6.07) is 0. The molecule has 0 radical (unpaired) electrons. The van der Waals surface area contributed by atoms with Crippen LogP contribution in [0.2, 0.25) is 0 Å². The van der Waals surface area contributed by atoms with Crippen molar-refractivity contribution in [3.05, 3.63) is 0 Å². The van der Waals surface area contributed by atoms with E-state index < -0.39 is 17.9 Å². The standard InChI is InChI=1S/C6H6O5/c7-4-6(2-1-3-9-4)10-5(8)11-6/h1-3H2. The Hall–Kier alpha value is -1.26. The zero-order valence-electron chi connectivity index (χ0n) is 5.66. The van der Waals surface area contributed by atoms with E-state index in [1.54, 1.807) is 0 Å². The molecule has 0 amide bonds. The minimum atomic E-state index is -1.38. The summed E-state index contributed by atoms with van der Waals surface area (Å²) in [6.07, 6.45) is 0.264. The molecule has 11 heavy (non-hydrogen) atoms. The molecule has 2 heterocycles. The zero-order chi connectivity index (χ0) is 7.90. The van der Waals surface area contributed by atoms with Gasteiger partial charge in [0.2, 0.25) is 0 Å². The fourth-order valence-corrected chi connectivity index (χ4v) is 1.14. The van der Waals surface area contributed by atoms with Crippen LogP contribution in [0.3, 0.4) is 0 Å². The molecule has 5 nitrogen and oxygen atoms in total. The SMILES string of the molecule is O=C1OC2(CCCOC2=O)O1. The summed E-state index contributed by atoms with van der Waals surface area (Å²) in [5.41, 5.74) is 0. The Bertz CT molecular complexity index is 213. The molecule has 60 valence electrons. The van der Waals surface area contributed by atoms with Crippen molar-refractivity contribution in [2.45, 2.75) is 18.6 Å². The lowest BCUT2D eigenvalue weighted by molar-refractivity contribution is -0.284. The van der Waals surface area contributed by atoms with Crippen LogP contribution in [0.4, 0.5) is 4.79 Å². The smallest absolute Gasteiger partial charge is 0.460 e. The maximum Gasteiger partial charge on any atom is 0.515 e. The van der Waals surface area contributed by atoms with Crippen molar-refractivity contribution in [3.8, 4) is 0 Å². The molecule has 0 aromatic heterocycles. The summed E-state index contributed by atoms with van der Waals surface area (Å²) in [6.45, 7) is 0.376. The van der Waals surface area contributed by atoms with E-state index in [1.807, 2.05) is 0 Å². The van der Waals surface area contributed by atoms with E-state index in [9.17, 15) is 9.59 Å². The van der Waals surface area contributed by atoms with Crippen molar-refractivity contribution >= 4 is 12.1 Å². The van der Waals surface area contributed by atoms with Crippen LogP contribution in [0, 0.1) is 0 Å². The van der Waals surface area contributed by atoms with Gasteiger partial charge in [-0.2, -0.15) is 0 Å². The number of hydrogen-bond donors (Lipinski definition) is 0. The number of rotatable bonds is 0. The third-order valence-electron chi connectivity index (χ3n) is 1.69. The molecular formula is C6H6O5. The number of cyclic esters (lactones) is 1. The van der Waals surface area contributed by atoms with E-state index in [1.165, 1.54) is 0 Å². The van der Waals surface area contributed by atoms with Gasteiger partial charge in [-0.3, -0.25) is 0 Å². The minimum absolute atomic E-state index is 0.376. The van der Waals surface area contributed by atoms with Crippen LogP contribution >= 0.6 is 0 Å². The van der Waals surface area contributed by atoms with Crippen molar-refractivity contribution in [2.75, 3.05) is 6.61 Å². The van der Waals surface area contributed by atoms with E-state index in [2.05, 4.69) is 14.2 Å². The molecule has 0 aromatic rings. The van der Waals surface area contributed by atoms with E-state index in [4.69, 9.17) is 0 Å². The van der Waals surface area contributed by atoms with Crippen molar-refractivity contribution < 1.29 is 23.8 Å². The van der Waals surface area contributed by atoms with Gasteiger partial charge in [0.25, 0.3) is 0 Å². The number of esters is 1. The molecule has 2 saturated heterocycles. The van der Waals surface area contributed by atoms with Crippen LogP contribution in [0.15, 0.2) is 0 Å². The van der Waals surface area contributed by atoms with E-state index >= 15 is 0 Å². The normalized spacial score (nSPS) is 26.5. The maximum atomic E-state index is 10.9. The Labute approximate surface area is 62.2 Å². The minimum Gasteiger partial charge on any atom is -0.460 e. The Morgan fingerprint density at radius 2 is 2.00 bits per heavy atom. The lowest BCUT2D eigenvalue weighted by atomic mass is 10.1. The largest absolute Gasteiger partial charge is 0.515 e. The molecule has 0 N–H and O–H groups in total. The van der Waals surface area contributed by atoms with Crippen molar-refractivity contribution in [1.29, 1.82) is 0 Å². The highest BCUT2D eigenvalue weighted by Crippen LogP contribution is 2.33. The average Bonchev–Trinajstić information content (AvgIpc) is 1.92. The van der Waals surface area contributed by atoms with Gasteiger partial charge in [-0.1, -0.05) is 0 Å². The van der Waals surface area contributed by atoms with Gasteiger partial charge in [-0.15, -0.1) is 0 Å². The first-order chi connectivity index (χ1) is 5.23. The monoisotopic (exact) mass is 158 g/mol. The van der Waals surface area contributed by atoms with Gasteiger partial charge in [0.15, 0.2) is 0 Å². The van der Waals surface area contributed by atoms with Crippen molar-refractivity contribution in [3.63, 3.8) is 0 Å². The second-order valence-electron chi connectivity index (χ2n) is 2.45. The Balaban J connectivity index is 2.11. The molecule has 0 aliphatic carbocycles. The first-order valence-electron chi connectivity index (χ1n) is 3.32. The summed E-state index contributed by atoms with van der Waals surface area (Å²) >= 11 is 0. The lowest BCUT2D eigenvalue weighted by Gasteiger charge is -2.38. The first-order valence-corrected chi connectivity index (χ1v) is 3.32. The molecule has 0 saturated carbocycles. The fourth-order valence-electron chi connectivity index (χ4n) is 1.14. The lowest BCUT2D eigenvalue weighted by Crippen LogP contribution is -2.58. The van der Waals surface area contributed by atoms with E-state index in [0.717, 1.165) is 0 Å². The van der Waals surface area contributed by atoms with Crippen LogP contribution in [0.25, 0.3) is 0 Å². The quantitative estimate of drug-likeness (QED) is 0.471. The maximum absolute atomic E-state index is 10.9. The summed E-state index contributed by atoms with van der Waals surface area (Å²) in [5, 5.41) is 0.